The summed E-state index contributed by atoms with van der Waals surface area (Å²) in [5.41, 5.74) is 5.26. The summed E-state index contributed by atoms with van der Waals surface area (Å²) in [4.78, 5) is 19.2. The predicted molar refractivity (Wildman–Crippen MR) is 69.2 cm³/mol. The number of nitrogens with zero attached hydrogens (tertiary/aromatic N) is 1. The molecule has 17 heavy (non-hydrogen) atoms. The zero-order chi connectivity index (χ0) is 12.6. The third-order valence-electron chi connectivity index (χ3n) is 3.20. The van der Waals surface area contributed by atoms with Crippen LogP contribution in [-0.2, 0) is 0 Å². The number of H-pyrrole nitrogens is 1. The Morgan fingerprint density at radius 2 is 1.82 bits per heavy atom. The van der Waals surface area contributed by atoms with Crippen LogP contribution in [0, 0.1) is 27.7 Å². The third-order valence-corrected chi connectivity index (χ3v) is 3.20. The summed E-state index contributed by atoms with van der Waals surface area (Å²) < 4.78 is 0. The summed E-state index contributed by atoms with van der Waals surface area (Å²) in [5, 5.41) is 0. The molecule has 0 aliphatic heterocycles. The van der Waals surface area contributed by atoms with E-state index in [1.807, 2.05) is 45.9 Å². The maximum atomic E-state index is 11.9. The van der Waals surface area contributed by atoms with Crippen LogP contribution in [0.5, 0.6) is 0 Å². The summed E-state index contributed by atoms with van der Waals surface area (Å²) in [5.74, 6) is 0. The number of hydrogen-bond donors (Lipinski definition) is 1. The van der Waals surface area contributed by atoms with E-state index in [9.17, 15) is 4.79 Å². The van der Waals surface area contributed by atoms with E-state index < -0.39 is 0 Å². The first kappa shape index (κ1) is 11.6. The monoisotopic (exact) mass is 228 g/mol. The Morgan fingerprint density at radius 3 is 2.53 bits per heavy atom. The zero-order valence-electron chi connectivity index (χ0n) is 10.6. The quantitative estimate of drug-likeness (QED) is 0.815. The normalized spacial score (nSPS) is 10.6. The number of aryl methyl sites for hydroxylation is 3. The number of hydrogen-bond acceptors (Lipinski definition) is 2. The van der Waals surface area contributed by atoms with Gasteiger partial charge >= 0.3 is 0 Å². The van der Waals surface area contributed by atoms with Crippen LogP contribution in [0.4, 0.5) is 0 Å². The van der Waals surface area contributed by atoms with Gasteiger partial charge in [0.25, 0.3) is 5.56 Å². The molecule has 1 heterocycles. The Labute approximate surface area is 101 Å². The van der Waals surface area contributed by atoms with Crippen molar-refractivity contribution >= 4 is 0 Å². The van der Waals surface area contributed by atoms with Gasteiger partial charge in [-0.25, -0.2) is 4.98 Å². The lowest BCUT2D eigenvalue weighted by molar-refractivity contribution is 1.01. The molecule has 0 aliphatic rings. The van der Waals surface area contributed by atoms with Gasteiger partial charge in [-0.15, -0.1) is 0 Å². The Bertz CT molecular complexity index is 627. The topological polar surface area (TPSA) is 45.8 Å². The Balaban J connectivity index is 2.73. The van der Waals surface area contributed by atoms with Crippen LogP contribution >= 0.6 is 0 Å². The molecule has 0 saturated carbocycles. The number of aromatic nitrogens is 2. The van der Waals surface area contributed by atoms with Crippen molar-refractivity contribution in [1.82, 2.24) is 9.97 Å². The molecular weight excluding hydrogens is 212 g/mol. The van der Waals surface area contributed by atoms with Crippen molar-refractivity contribution in [3.8, 4) is 11.3 Å². The summed E-state index contributed by atoms with van der Waals surface area (Å²) in [6.07, 6.45) is 0. The standard InChI is InChI=1S/C14H16N2O/c1-8-6-5-7-12(9(8)2)13-14(17)16-11(4)10(3)15-13/h5-7H,1-4H3,(H,16,17). The Hall–Kier alpha value is -1.90. The van der Waals surface area contributed by atoms with Crippen molar-refractivity contribution < 1.29 is 0 Å². The highest BCUT2D eigenvalue weighted by molar-refractivity contribution is 5.64. The molecule has 0 aliphatic carbocycles. The lowest BCUT2D eigenvalue weighted by Crippen LogP contribution is -2.15. The average Bonchev–Trinajstić information content (AvgIpc) is 2.28. The van der Waals surface area contributed by atoms with Gasteiger partial charge in [0.05, 0.1) is 5.69 Å². The van der Waals surface area contributed by atoms with Crippen molar-refractivity contribution in [2.24, 2.45) is 0 Å². The summed E-state index contributed by atoms with van der Waals surface area (Å²) >= 11 is 0. The van der Waals surface area contributed by atoms with Crippen LogP contribution in [-0.4, -0.2) is 9.97 Å². The minimum Gasteiger partial charge on any atom is -0.323 e. The van der Waals surface area contributed by atoms with Crippen molar-refractivity contribution in [1.29, 1.82) is 0 Å². The number of aromatic amines is 1. The molecule has 88 valence electrons. The van der Waals surface area contributed by atoms with E-state index in [2.05, 4.69) is 9.97 Å². The van der Waals surface area contributed by atoms with E-state index in [4.69, 9.17) is 0 Å². The van der Waals surface area contributed by atoms with E-state index in [-0.39, 0.29) is 5.56 Å². The molecule has 1 aromatic heterocycles. The van der Waals surface area contributed by atoms with Crippen LogP contribution in [0.3, 0.4) is 0 Å². The fraction of sp³-hybridized carbons (Fsp3) is 0.286. The molecule has 3 heteroatoms. The third kappa shape index (κ3) is 2.00. The average molecular weight is 228 g/mol. The maximum absolute atomic E-state index is 11.9. The molecule has 2 rings (SSSR count). The molecule has 0 saturated heterocycles. The van der Waals surface area contributed by atoms with Gasteiger partial charge in [-0.1, -0.05) is 18.2 Å². The summed E-state index contributed by atoms with van der Waals surface area (Å²) in [7, 11) is 0. The van der Waals surface area contributed by atoms with E-state index in [0.29, 0.717) is 5.69 Å². The van der Waals surface area contributed by atoms with Gasteiger partial charge in [0.15, 0.2) is 0 Å². The minimum atomic E-state index is -0.123. The Kier molecular flexibility index (Phi) is 2.84. The molecule has 0 unspecified atom stereocenters. The van der Waals surface area contributed by atoms with Crippen molar-refractivity contribution in [3.63, 3.8) is 0 Å². The second kappa shape index (κ2) is 4.17. The molecule has 2 aromatic rings. The van der Waals surface area contributed by atoms with E-state index >= 15 is 0 Å². The molecule has 0 fully saturated rings. The van der Waals surface area contributed by atoms with Crippen LogP contribution in [0.1, 0.15) is 22.5 Å². The molecule has 1 aromatic carbocycles. The molecule has 0 atom stereocenters. The second-order valence-corrected chi connectivity index (χ2v) is 4.37. The number of nitrogens with one attached hydrogen (secondary N) is 1. The zero-order valence-corrected chi connectivity index (χ0v) is 10.6. The van der Waals surface area contributed by atoms with Crippen LogP contribution in [0.15, 0.2) is 23.0 Å². The molecule has 3 nitrogen and oxygen atoms in total. The molecule has 1 N–H and O–H groups in total. The van der Waals surface area contributed by atoms with Gasteiger partial charge in [0, 0.05) is 11.3 Å². The first-order chi connectivity index (χ1) is 8.00. The molecule has 0 bridgehead atoms. The van der Waals surface area contributed by atoms with Crippen molar-refractivity contribution in [2.45, 2.75) is 27.7 Å². The minimum absolute atomic E-state index is 0.123. The SMILES string of the molecule is Cc1cccc(-c2nc(C)c(C)[nH]c2=O)c1C. The highest BCUT2D eigenvalue weighted by Crippen LogP contribution is 2.21. The van der Waals surface area contributed by atoms with Crippen LogP contribution in [0.25, 0.3) is 11.3 Å². The van der Waals surface area contributed by atoms with E-state index in [1.165, 1.54) is 5.56 Å². The lowest BCUT2D eigenvalue weighted by Gasteiger charge is -2.08. The fourth-order valence-electron chi connectivity index (χ4n) is 1.81. The fourth-order valence-corrected chi connectivity index (χ4v) is 1.81. The predicted octanol–water partition coefficient (Wildman–Crippen LogP) is 2.67. The van der Waals surface area contributed by atoms with Crippen molar-refractivity contribution in [2.75, 3.05) is 0 Å². The van der Waals surface area contributed by atoms with Gasteiger partial charge < -0.3 is 4.98 Å². The highest BCUT2D eigenvalue weighted by Gasteiger charge is 2.10. The molecular formula is C14H16N2O. The van der Waals surface area contributed by atoms with Gasteiger partial charge in [-0.05, 0) is 38.8 Å². The summed E-state index contributed by atoms with van der Waals surface area (Å²) in [6.45, 7) is 7.81. The van der Waals surface area contributed by atoms with E-state index in [1.54, 1.807) is 0 Å². The number of benzene rings is 1. The largest absolute Gasteiger partial charge is 0.323 e. The van der Waals surface area contributed by atoms with E-state index in [0.717, 1.165) is 22.5 Å². The number of rotatable bonds is 1. The van der Waals surface area contributed by atoms with Gasteiger partial charge in [0.1, 0.15) is 5.69 Å². The Morgan fingerprint density at radius 1 is 1.12 bits per heavy atom. The van der Waals surface area contributed by atoms with Crippen LogP contribution < -0.4 is 5.56 Å². The molecule has 0 spiro atoms. The molecule has 0 amide bonds. The van der Waals surface area contributed by atoms with Gasteiger partial charge in [0.2, 0.25) is 0 Å². The smallest absolute Gasteiger partial charge is 0.274 e. The molecule has 0 radical (unpaired) electrons. The lowest BCUT2D eigenvalue weighted by atomic mass is 10.0. The van der Waals surface area contributed by atoms with Crippen LogP contribution in [0.2, 0.25) is 0 Å². The maximum Gasteiger partial charge on any atom is 0.274 e. The van der Waals surface area contributed by atoms with Gasteiger partial charge in [-0.3, -0.25) is 4.79 Å². The highest BCUT2D eigenvalue weighted by atomic mass is 16.1. The first-order valence-electron chi connectivity index (χ1n) is 5.65. The first-order valence-corrected chi connectivity index (χ1v) is 5.65. The second-order valence-electron chi connectivity index (χ2n) is 4.37. The van der Waals surface area contributed by atoms with Gasteiger partial charge in [-0.2, -0.15) is 0 Å². The van der Waals surface area contributed by atoms with Crippen molar-refractivity contribution in [3.05, 3.63) is 51.1 Å². The summed E-state index contributed by atoms with van der Waals surface area (Å²) in [6, 6.07) is 5.93.